The number of hydrogen-bond donors (Lipinski definition) is 1. The van der Waals surface area contributed by atoms with E-state index >= 15 is 0 Å². The predicted molar refractivity (Wildman–Crippen MR) is 94.4 cm³/mol. The maximum absolute atomic E-state index is 13.1. The summed E-state index contributed by atoms with van der Waals surface area (Å²) in [6.07, 6.45) is 2.37. The number of ether oxygens (including phenoxy) is 1. The third-order valence-corrected chi connectivity index (χ3v) is 4.60. The third kappa shape index (κ3) is 5.06. The first-order chi connectivity index (χ1) is 10.4. The van der Waals surface area contributed by atoms with Gasteiger partial charge in [-0.15, -0.1) is 12.4 Å². The Bertz CT molecular complexity index is 545. The van der Waals surface area contributed by atoms with Gasteiger partial charge in [0.05, 0.1) is 4.47 Å². The number of piperidine rings is 1. The number of nitrogens with zero attached hydrogens (tertiary/aromatic N) is 1. The van der Waals surface area contributed by atoms with E-state index in [1.165, 1.54) is 18.2 Å². The second-order valence-corrected chi connectivity index (χ2v) is 6.64. The third-order valence-electron chi connectivity index (χ3n) is 3.98. The highest BCUT2D eigenvalue weighted by molar-refractivity contribution is 9.10. The molecule has 1 aromatic carbocycles. The van der Waals surface area contributed by atoms with Gasteiger partial charge in [0.1, 0.15) is 11.6 Å². The number of rotatable bonds is 4. The van der Waals surface area contributed by atoms with Gasteiger partial charge in [-0.2, -0.15) is 0 Å². The molecule has 2 N–H and O–H groups in total. The highest BCUT2D eigenvalue weighted by atomic mass is 79.9. The lowest BCUT2D eigenvalue weighted by Gasteiger charge is -2.39. The molecule has 1 aliphatic rings. The Kier molecular flexibility index (Phi) is 7.77. The molecule has 23 heavy (non-hydrogen) atoms. The predicted octanol–water partition coefficient (Wildman–Crippen LogP) is 3.51. The summed E-state index contributed by atoms with van der Waals surface area (Å²) < 4.78 is 19.3. The number of halogens is 3. The van der Waals surface area contributed by atoms with Crippen molar-refractivity contribution in [3.63, 3.8) is 0 Å². The Morgan fingerprint density at radius 3 is 2.74 bits per heavy atom. The standard InChI is InChI=1S/C16H22BrFN2O2.ClH/c1-10(19)14-5-3-4-8-20(14)16(21)11(2)22-15-7-6-12(18)9-13(15)17;/h6-7,9-11,14H,3-5,8,19H2,1-2H3;1H. The molecule has 0 spiro atoms. The van der Waals surface area contributed by atoms with E-state index in [4.69, 9.17) is 10.5 Å². The number of amides is 1. The molecule has 1 saturated heterocycles. The minimum Gasteiger partial charge on any atom is -0.480 e. The fourth-order valence-corrected chi connectivity index (χ4v) is 3.27. The smallest absolute Gasteiger partial charge is 0.263 e. The average Bonchev–Trinajstić information content (AvgIpc) is 2.49. The Morgan fingerprint density at radius 1 is 1.43 bits per heavy atom. The minimum atomic E-state index is -0.638. The van der Waals surface area contributed by atoms with Crippen LogP contribution < -0.4 is 10.5 Å². The second-order valence-electron chi connectivity index (χ2n) is 5.79. The van der Waals surface area contributed by atoms with Crippen LogP contribution in [0.1, 0.15) is 33.1 Å². The van der Waals surface area contributed by atoms with Gasteiger partial charge in [-0.05, 0) is 67.2 Å². The van der Waals surface area contributed by atoms with Crippen molar-refractivity contribution in [1.29, 1.82) is 0 Å². The molecule has 0 aliphatic carbocycles. The van der Waals surface area contributed by atoms with Crippen molar-refractivity contribution in [2.45, 2.75) is 51.3 Å². The molecule has 1 heterocycles. The molecule has 7 heteroatoms. The zero-order valence-corrected chi connectivity index (χ0v) is 15.7. The Balaban J connectivity index is 0.00000264. The van der Waals surface area contributed by atoms with Crippen molar-refractivity contribution in [1.82, 2.24) is 4.90 Å². The number of likely N-dealkylation sites (tertiary alicyclic amines) is 1. The molecule has 0 saturated carbocycles. The first kappa shape index (κ1) is 20.2. The molecule has 1 aliphatic heterocycles. The molecule has 1 aromatic rings. The highest BCUT2D eigenvalue weighted by Gasteiger charge is 2.32. The molecule has 3 atom stereocenters. The lowest BCUT2D eigenvalue weighted by atomic mass is 9.96. The van der Waals surface area contributed by atoms with Gasteiger partial charge in [-0.3, -0.25) is 4.79 Å². The van der Waals surface area contributed by atoms with Gasteiger partial charge >= 0.3 is 0 Å². The summed E-state index contributed by atoms with van der Waals surface area (Å²) in [5.74, 6) is 0.0288. The topological polar surface area (TPSA) is 55.6 Å². The Labute approximate surface area is 151 Å². The van der Waals surface area contributed by atoms with Gasteiger partial charge in [-0.25, -0.2) is 4.39 Å². The van der Waals surface area contributed by atoms with Crippen molar-refractivity contribution in [3.8, 4) is 5.75 Å². The number of benzene rings is 1. The lowest BCUT2D eigenvalue weighted by Crippen LogP contribution is -2.54. The van der Waals surface area contributed by atoms with Gasteiger partial charge in [0, 0.05) is 18.6 Å². The van der Waals surface area contributed by atoms with Crippen LogP contribution >= 0.6 is 28.3 Å². The first-order valence-corrected chi connectivity index (χ1v) is 8.37. The van der Waals surface area contributed by atoms with E-state index in [0.29, 0.717) is 16.8 Å². The maximum Gasteiger partial charge on any atom is 0.263 e. The number of carbonyl (C=O) groups is 1. The van der Waals surface area contributed by atoms with Crippen LogP contribution in [0, 0.1) is 5.82 Å². The minimum absolute atomic E-state index is 0. The summed E-state index contributed by atoms with van der Waals surface area (Å²) in [5.41, 5.74) is 6.00. The van der Waals surface area contributed by atoms with E-state index in [2.05, 4.69) is 15.9 Å². The van der Waals surface area contributed by atoms with Crippen molar-refractivity contribution in [2.24, 2.45) is 5.73 Å². The fourth-order valence-electron chi connectivity index (χ4n) is 2.82. The zero-order chi connectivity index (χ0) is 16.3. The van der Waals surface area contributed by atoms with Crippen molar-refractivity contribution >= 4 is 34.2 Å². The number of nitrogens with two attached hydrogens (primary N) is 1. The molecule has 1 fully saturated rings. The summed E-state index contributed by atoms with van der Waals surface area (Å²) in [6.45, 7) is 4.35. The van der Waals surface area contributed by atoms with Crippen LogP contribution in [0.3, 0.4) is 0 Å². The van der Waals surface area contributed by atoms with E-state index in [9.17, 15) is 9.18 Å². The van der Waals surface area contributed by atoms with Gasteiger partial charge in [0.15, 0.2) is 6.10 Å². The number of carbonyl (C=O) groups excluding carboxylic acids is 1. The van der Waals surface area contributed by atoms with Gasteiger partial charge < -0.3 is 15.4 Å². The molecule has 1 amide bonds. The van der Waals surface area contributed by atoms with Crippen LogP contribution in [0.15, 0.2) is 22.7 Å². The molecule has 130 valence electrons. The van der Waals surface area contributed by atoms with E-state index in [0.717, 1.165) is 19.3 Å². The largest absolute Gasteiger partial charge is 0.480 e. The average molecular weight is 410 g/mol. The van der Waals surface area contributed by atoms with E-state index in [-0.39, 0.29) is 36.2 Å². The maximum atomic E-state index is 13.1. The molecular formula is C16H23BrClFN2O2. The second kappa shape index (κ2) is 8.85. The molecule has 2 rings (SSSR count). The SMILES string of the molecule is CC(Oc1ccc(F)cc1Br)C(=O)N1CCCCC1C(C)N.Cl. The Hall–Kier alpha value is -0.850. The zero-order valence-electron chi connectivity index (χ0n) is 13.3. The molecule has 4 nitrogen and oxygen atoms in total. The van der Waals surface area contributed by atoms with Crippen LogP contribution in [-0.2, 0) is 4.79 Å². The lowest BCUT2D eigenvalue weighted by molar-refractivity contribution is -0.142. The first-order valence-electron chi connectivity index (χ1n) is 7.58. The van der Waals surface area contributed by atoms with Crippen LogP contribution in [-0.4, -0.2) is 35.5 Å². The van der Waals surface area contributed by atoms with Crippen LogP contribution in [0.25, 0.3) is 0 Å². The van der Waals surface area contributed by atoms with Gasteiger partial charge in [0.2, 0.25) is 0 Å². The van der Waals surface area contributed by atoms with E-state index < -0.39 is 6.10 Å². The highest BCUT2D eigenvalue weighted by Crippen LogP contribution is 2.27. The van der Waals surface area contributed by atoms with Crippen LogP contribution in [0.4, 0.5) is 4.39 Å². The summed E-state index contributed by atoms with van der Waals surface area (Å²) in [5, 5.41) is 0. The monoisotopic (exact) mass is 408 g/mol. The summed E-state index contributed by atoms with van der Waals surface area (Å²) in [4.78, 5) is 14.5. The summed E-state index contributed by atoms with van der Waals surface area (Å²) in [6, 6.07) is 4.14. The van der Waals surface area contributed by atoms with Crippen molar-refractivity contribution in [2.75, 3.05) is 6.54 Å². The van der Waals surface area contributed by atoms with Gasteiger partial charge in [0.25, 0.3) is 5.91 Å². The molecular weight excluding hydrogens is 387 g/mol. The van der Waals surface area contributed by atoms with Gasteiger partial charge in [-0.1, -0.05) is 0 Å². The van der Waals surface area contributed by atoms with Crippen molar-refractivity contribution in [3.05, 3.63) is 28.5 Å². The number of hydrogen-bond acceptors (Lipinski definition) is 3. The van der Waals surface area contributed by atoms with E-state index in [1.807, 2.05) is 11.8 Å². The van der Waals surface area contributed by atoms with E-state index in [1.54, 1.807) is 6.92 Å². The molecule has 3 unspecified atom stereocenters. The molecule has 0 bridgehead atoms. The van der Waals surface area contributed by atoms with Crippen LogP contribution in [0.2, 0.25) is 0 Å². The quantitative estimate of drug-likeness (QED) is 0.828. The summed E-state index contributed by atoms with van der Waals surface area (Å²) in [7, 11) is 0. The fraction of sp³-hybridized carbons (Fsp3) is 0.562. The molecule has 0 aromatic heterocycles. The Morgan fingerprint density at radius 2 is 2.13 bits per heavy atom. The molecule has 0 radical (unpaired) electrons. The normalized spacial score (nSPS) is 20.4. The van der Waals surface area contributed by atoms with Crippen molar-refractivity contribution < 1.29 is 13.9 Å². The summed E-state index contributed by atoms with van der Waals surface area (Å²) >= 11 is 3.25. The van der Waals surface area contributed by atoms with Crippen LogP contribution in [0.5, 0.6) is 5.75 Å².